The van der Waals surface area contributed by atoms with Crippen LogP contribution in [0.2, 0.25) is 0 Å². The highest BCUT2D eigenvalue weighted by molar-refractivity contribution is 5.94. The van der Waals surface area contributed by atoms with Crippen molar-refractivity contribution >= 4 is 17.8 Å². The Hall–Kier alpha value is -3.36. The van der Waals surface area contributed by atoms with Crippen LogP contribution in [0, 0.1) is 5.92 Å². The summed E-state index contributed by atoms with van der Waals surface area (Å²) in [5.41, 5.74) is 0.434. The summed E-state index contributed by atoms with van der Waals surface area (Å²) in [6, 6.07) is 13.8. The van der Waals surface area contributed by atoms with Crippen molar-refractivity contribution in [1.82, 2.24) is 10.2 Å². The van der Waals surface area contributed by atoms with Gasteiger partial charge in [0.25, 0.3) is 11.8 Å². The zero-order chi connectivity index (χ0) is 24.7. The van der Waals surface area contributed by atoms with E-state index >= 15 is 0 Å². The molecule has 182 valence electrons. The van der Waals surface area contributed by atoms with Crippen LogP contribution >= 0.6 is 0 Å². The molecule has 0 aliphatic carbocycles. The Labute approximate surface area is 196 Å². The highest BCUT2D eigenvalue weighted by atomic mass is 19.4. The molecule has 1 aliphatic rings. The van der Waals surface area contributed by atoms with Gasteiger partial charge in [-0.2, -0.15) is 13.2 Å². The molecule has 1 saturated heterocycles. The molecule has 2 aromatic carbocycles. The smallest absolute Gasteiger partial charge is 0.416 e. The van der Waals surface area contributed by atoms with Crippen molar-refractivity contribution < 1.29 is 32.3 Å². The molecule has 0 saturated carbocycles. The van der Waals surface area contributed by atoms with Crippen LogP contribution in [-0.2, 0) is 26.9 Å². The zero-order valence-corrected chi connectivity index (χ0v) is 18.8. The fraction of sp³-hybridized carbons (Fsp3) is 0.400. The number of rotatable bonds is 7. The van der Waals surface area contributed by atoms with Crippen molar-refractivity contribution in [1.29, 1.82) is 0 Å². The SMILES string of the molecule is CC(OC(=O)C1CCN(C(=O)c2ccc(C(F)(F)F)cc2)CC1)C(=O)NCCc1ccccc1. The molecule has 6 nitrogen and oxygen atoms in total. The molecule has 1 atom stereocenters. The number of alkyl halides is 3. The first-order valence-electron chi connectivity index (χ1n) is 11.1. The van der Waals surface area contributed by atoms with E-state index in [1.54, 1.807) is 0 Å². The van der Waals surface area contributed by atoms with E-state index in [-0.39, 0.29) is 30.5 Å². The van der Waals surface area contributed by atoms with Crippen LogP contribution in [0.5, 0.6) is 0 Å². The van der Waals surface area contributed by atoms with Gasteiger partial charge in [-0.05, 0) is 56.0 Å². The van der Waals surface area contributed by atoms with E-state index in [4.69, 9.17) is 4.74 Å². The number of halogens is 3. The predicted molar refractivity (Wildman–Crippen MR) is 119 cm³/mol. The lowest BCUT2D eigenvalue weighted by Gasteiger charge is -2.31. The molecule has 2 aromatic rings. The summed E-state index contributed by atoms with van der Waals surface area (Å²) in [6.07, 6.45) is -4.02. The lowest BCUT2D eigenvalue weighted by molar-refractivity contribution is -0.160. The number of carbonyl (C=O) groups excluding carboxylic acids is 3. The monoisotopic (exact) mass is 476 g/mol. The van der Waals surface area contributed by atoms with Crippen molar-refractivity contribution in [2.45, 2.75) is 38.5 Å². The van der Waals surface area contributed by atoms with Gasteiger partial charge in [0.2, 0.25) is 0 Å². The summed E-state index contributed by atoms with van der Waals surface area (Å²) in [5.74, 6) is -1.70. The summed E-state index contributed by atoms with van der Waals surface area (Å²) < 4.78 is 43.4. The van der Waals surface area contributed by atoms with E-state index in [9.17, 15) is 27.6 Å². The maximum absolute atomic E-state index is 12.7. The molecule has 34 heavy (non-hydrogen) atoms. The Kier molecular flexibility index (Phi) is 8.31. The Bertz CT molecular complexity index is 985. The minimum atomic E-state index is -4.46. The molecular weight excluding hydrogens is 449 g/mol. The average Bonchev–Trinajstić information content (AvgIpc) is 2.83. The van der Waals surface area contributed by atoms with Gasteiger partial charge in [-0.3, -0.25) is 14.4 Å². The minimum absolute atomic E-state index is 0.162. The van der Waals surface area contributed by atoms with E-state index in [1.165, 1.54) is 11.8 Å². The topological polar surface area (TPSA) is 75.7 Å². The van der Waals surface area contributed by atoms with Gasteiger partial charge in [0.05, 0.1) is 11.5 Å². The summed E-state index contributed by atoms with van der Waals surface area (Å²) in [5, 5.41) is 2.75. The van der Waals surface area contributed by atoms with E-state index < -0.39 is 29.7 Å². The lowest BCUT2D eigenvalue weighted by Crippen LogP contribution is -2.42. The van der Waals surface area contributed by atoms with Gasteiger partial charge in [0, 0.05) is 25.2 Å². The van der Waals surface area contributed by atoms with Crippen LogP contribution in [0.1, 0.15) is 41.3 Å². The van der Waals surface area contributed by atoms with Gasteiger partial charge < -0.3 is 15.0 Å². The quantitative estimate of drug-likeness (QED) is 0.616. The maximum Gasteiger partial charge on any atom is 0.416 e. The van der Waals surface area contributed by atoms with E-state index in [1.807, 2.05) is 30.3 Å². The minimum Gasteiger partial charge on any atom is -0.452 e. The van der Waals surface area contributed by atoms with Crippen LogP contribution in [0.25, 0.3) is 0 Å². The number of esters is 1. The van der Waals surface area contributed by atoms with Crippen molar-refractivity contribution in [3.8, 4) is 0 Å². The number of amides is 2. The van der Waals surface area contributed by atoms with Gasteiger partial charge in [-0.1, -0.05) is 30.3 Å². The second-order valence-electron chi connectivity index (χ2n) is 8.25. The number of nitrogens with zero attached hydrogens (tertiary/aromatic N) is 1. The van der Waals surface area contributed by atoms with Crippen molar-refractivity contribution in [2.75, 3.05) is 19.6 Å². The molecule has 1 fully saturated rings. The molecular formula is C25H27F3N2O4. The lowest BCUT2D eigenvalue weighted by atomic mass is 9.96. The van der Waals surface area contributed by atoms with E-state index in [0.717, 1.165) is 29.8 Å². The first-order valence-corrected chi connectivity index (χ1v) is 11.1. The predicted octanol–water partition coefficient (Wildman–Crippen LogP) is 3.85. The molecule has 2 amide bonds. The molecule has 0 spiro atoms. The number of nitrogens with one attached hydrogen (secondary N) is 1. The first-order chi connectivity index (χ1) is 16.1. The number of piperidine rings is 1. The van der Waals surface area contributed by atoms with Crippen molar-refractivity contribution in [3.63, 3.8) is 0 Å². The third kappa shape index (κ3) is 6.82. The van der Waals surface area contributed by atoms with Gasteiger partial charge in [-0.25, -0.2) is 0 Å². The van der Waals surface area contributed by atoms with Gasteiger partial charge >= 0.3 is 12.1 Å². The van der Waals surface area contributed by atoms with Gasteiger partial charge in [0.1, 0.15) is 0 Å². The number of carbonyl (C=O) groups is 3. The molecule has 9 heteroatoms. The van der Waals surface area contributed by atoms with Crippen LogP contribution in [-0.4, -0.2) is 48.4 Å². The normalized spacial score (nSPS) is 15.5. The van der Waals surface area contributed by atoms with Crippen LogP contribution < -0.4 is 5.32 Å². The Morgan fingerprint density at radius 1 is 1.03 bits per heavy atom. The largest absolute Gasteiger partial charge is 0.452 e. The number of ether oxygens (including phenoxy) is 1. The molecule has 1 N–H and O–H groups in total. The molecule has 0 aromatic heterocycles. The molecule has 1 aliphatic heterocycles. The molecule has 0 bridgehead atoms. The second-order valence-corrected chi connectivity index (χ2v) is 8.25. The van der Waals surface area contributed by atoms with E-state index in [2.05, 4.69) is 5.32 Å². The standard InChI is InChI=1S/C25H27F3N2O4/c1-17(22(31)29-14-11-18-5-3-2-4-6-18)34-24(33)20-12-15-30(16-13-20)23(32)19-7-9-21(10-8-19)25(26,27)28/h2-10,17,20H,11-16H2,1H3,(H,29,31). The number of likely N-dealkylation sites (tertiary alicyclic amines) is 1. The zero-order valence-electron chi connectivity index (χ0n) is 18.8. The Morgan fingerprint density at radius 3 is 2.24 bits per heavy atom. The first kappa shape index (κ1) is 25.3. The number of benzene rings is 2. The molecule has 3 rings (SSSR count). The summed E-state index contributed by atoms with van der Waals surface area (Å²) in [7, 11) is 0. The number of hydrogen-bond acceptors (Lipinski definition) is 4. The molecule has 1 unspecified atom stereocenters. The summed E-state index contributed by atoms with van der Waals surface area (Å²) in [6.45, 7) is 2.49. The van der Waals surface area contributed by atoms with E-state index in [0.29, 0.717) is 25.8 Å². The Balaban J connectivity index is 1.42. The highest BCUT2D eigenvalue weighted by Gasteiger charge is 2.32. The van der Waals surface area contributed by atoms with Crippen LogP contribution in [0.15, 0.2) is 54.6 Å². The van der Waals surface area contributed by atoms with Gasteiger partial charge in [0.15, 0.2) is 6.10 Å². The second kappa shape index (κ2) is 11.2. The average molecular weight is 476 g/mol. The third-order valence-electron chi connectivity index (χ3n) is 5.79. The number of hydrogen-bond donors (Lipinski definition) is 1. The summed E-state index contributed by atoms with van der Waals surface area (Å²) >= 11 is 0. The van der Waals surface area contributed by atoms with Gasteiger partial charge in [-0.15, -0.1) is 0 Å². The van der Waals surface area contributed by atoms with Crippen LogP contribution in [0.4, 0.5) is 13.2 Å². The third-order valence-corrected chi connectivity index (χ3v) is 5.79. The highest BCUT2D eigenvalue weighted by Crippen LogP contribution is 2.29. The van der Waals surface area contributed by atoms with Crippen LogP contribution in [0.3, 0.4) is 0 Å². The summed E-state index contributed by atoms with van der Waals surface area (Å²) in [4.78, 5) is 38.8. The van der Waals surface area contributed by atoms with Crippen molar-refractivity contribution in [3.05, 3.63) is 71.3 Å². The molecule has 1 heterocycles. The fourth-order valence-electron chi connectivity index (χ4n) is 3.75. The Morgan fingerprint density at radius 2 is 1.65 bits per heavy atom. The molecule has 0 radical (unpaired) electrons. The maximum atomic E-state index is 12.7. The fourth-order valence-corrected chi connectivity index (χ4v) is 3.75. The van der Waals surface area contributed by atoms with Crippen molar-refractivity contribution in [2.24, 2.45) is 5.92 Å².